The summed E-state index contributed by atoms with van der Waals surface area (Å²) in [5, 5.41) is 4.24. The summed E-state index contributed by atoms with van der Waals surface area (Å²) in [6.07, 6.45) is 0. The van der Waals surface area contributed by atoms with Crippen LogP contribution in [0.1, 0.15) is 5.69 Å². The number of rotatable bonds is 3. The van der Waals surface area contributed by atoms with E-state index in [1.54, 1.807) is 5.38 Å². The smallest absolute Gasteiger partial charge is 0.304 e. The van der Waals surface area contributed by atoms with Gasteiger partial charge in [0, 0.05) is 11.1 Å². The number of aromatic amines is 1. The maximum atomic E-state index is 13.8. The van der Waals surface area contributed by atoms with Gasteiger partial charge in [-0.15, -0.1) is 0 Å². The lowest BCUT2D eigenvalue weighted by Crippen LogP contribution is -2.07. The van der Waals surface area contributed by atoms with E-state index >= 15 is 0 Å². The van der Waals surface area contributed by atoms with Gasteiger partial charge in [0.1, 0.15) is 5.02 Å². The SMILES string of the molecule is Nc1cc(N)c(NCc2csc(=O)[nH]2)c(F)c1Cl. The fourth-order valence-electron chi connectivity index (χ4n) is 1.43. The minimum atomic E-state index is -0.702. The number of nitrogen functional groups attached to an aromatic ring is 2. The number of halogens is 2. The van der Waals surface area contributed by atoms with Crippen LogP contribution in [0.25, 0.3) is 0 Å². The van der Waals surface area contributed by atoms with Crippen LogP contribution in [-0.4, -0.2) is 4.98 Å². The first-order valence-corrected chi connectivity index (χ1v) is 6.18. The largest absolute Gasteiger partial charge is 0.397 e. The van der Waals surface area contributed by atoms with Gasteiger partial charge in [0.25, 0.3) is 0 Å². The van der Waals surface area contributed by atoms with Crippen LogP contribution in [0.3, 0.4) is 0 Å². The third-order valence-corrected chi connectivity index (χ3v) is 3.39. The van der Waals surface area contributed by atoms with E-state index in [-0.39, 0.29) is 33.5 Å². The van der Waals surface area contributed by atoms with E-state index in [2.05, 4.69) is 10.3 Å². The second-order valence-corrected chi connectivity index (χ2v) is 4.81. The average molecular weight is 289 g/mol. The Labute approximate surface area is 111 Å². The summed E-state index contributed by atoms with van der Waals surface area (Å²) in [6.45, 7) is 0.236. The van der Waals surface area contributed by atoms with Gasteiger partial charge in [-0.05, 0) is 6.07 Å². The summed E-state index contributed by atoms with van der Waals surface area (Å²) in [6, 6.07) is 1.38. The van der Waals surface area contributed by atoms with Crippen molar-refractivity contribution < 1.29 is 4.39 Å². The average Bonchev–Trinajstić information content (AvgIpc) is 2.72. The van der Waals surface area contributed by atoms with Crippen molar-refractivity contribution >= 4 is 40.0 Å². The Balaban J connectivity index is 2.24. The lowest BCUT2D eigenvalue weighted by molar-refractivity contribution is 0.631. The van der Waals surface area contributed by atoms with Crippen LogP contribution in [0, 0.1) is 5.82 Å². The number of benzene rings is 1. The van der Waals surface area contributed by atoms with Gasteiger partial charge in [0.2, 0.25) is 0 Å². The van der Waals surface area contributed by atoms with E-state index in [0.29, 0.717) is 5.69 Å². The van der Waals surface area contributed by atoms with Crippen LogP contribution in [0.4, 0.5) is 21.5 Å². The molecule has 5 nitrogen and oxygen atoms in total. The van der Waals surface area contributed by atoms with Crippen molar-refractivity contribution in [2.45, 2.75) is 6.54 Å². The normalized spacial score (nSPS) is 10.6. The number of H-pyrrole nitrogens is 1. The Bertz CT molecular complexity index is 639. The highest BCUT2D eigenvalue weighted by atomic mass is 35.5. The van der Waals surface area contributed by atoms with Crippen molar-refractivity contribution in [1.29, 1.82) is 0 Å². The molecule has 0 aliphatic heterocycles. The molecule has 2 rings (SSSR count). The highest BCUT2D eigenvalue weighted by molar-refractivity contribution is 7.07. The van der Waals surface area contributed by atoms with Gasteiger partial charge < -0.3 is 21.8 Å². The molecule has 0 amide bonds. The van der Waals surface area contributed by atoms with Crippen LogP contribution in [0.5, 0.6) is 0 Å². The van der Waals surface area contributed by atoms with Crippen molar-refractivity contribution in [3.63, 3.8) is 0 Å². The molecule has 0 radical (unpaired) electrons. The van der Waals surface area contributed by atoms with Crippen molar-refractivity contribution in [1.82, 2.24) is 4.98 Å². The Morgan fingerprint density at radius 2 is 2.17 bits per heavy atom. The van der Waals surface area contributed by atoms with Crippen molar-refractivity contribution in [2.75, 3.05) is 16.8 Å². The third kappa shape index (κ3) is 2.41. The van der Waals surface area contributed by atoms with Crippen LogP contribution >= 0.6 is 22.9 Å². The summed E-state index contributed by atoms with van der Waals surface area (Å²) < 4.78 is 13.8. The number of thiazole rings is 1. The second kappa shape index (κ2) is 4.87. The number of nitrogens with one attached hydrogen (secondary N) is 2. The lowest BCUT2D eigenvalue weighted by atomic mass is 10.2. The Kier molecular flexibility index (Phi) is 3.44. The zero-order valence-corrected chi connectivity index (χ0v) is 10.7. The quantitative estimate of drug-likeness (QED) is 0.650. The molecule has 0 unspecified atom stereocenters. The van der Waals surface area contributed by atoms with Crippen LogP contribution < -0.4 is 21.7 Å². The lowest BCUT2D eigenvalue weighted by Gasteiger charge is -2.12. The molecule has 0 atom stereocenters. The molecular weight excluding hydrogens is 279 g/mol. The molecule has 8 heteroatoms. The maximum absolute atomic E-state index is 13.8. The van der Waals surface area contributed by atoms with Gasteiger partial charge in [-0.25, -0.2) is 4.39 Å². The molecule has 1 heterocycles. The first-order chi connectivity index (χ1) is 8.49. The molecule has 18 heavy (non-hydrogen) atoms. The van der Waals surface area contributed by atoms with Gasteiger partial charge in [0.15, 0.2) is 5.82 Å². The summed E-state index contributed by atoms with van der Waals surface area (Å²) in [4.78, 5) is 13.4. The van der Waals surface area contributed by atoms with E-state index < -0.39 is 5.82 Å². The molecule has 1 aromatic heterocycles. The first-order valence-electron chi connectivity index (χ1n) is 4.92. The molecule has 0 spiro atoms. The van der Waals surface area contributed by atoms with Crippen LogP contribution in [0.15, 0.2) is 16.2 Å². The highest BCUT2D eigenvalue weighted by Gasteiger charge is 2.14. The number of hydrogen-bond acceptors (Lipinski definition) is 5. The molecule has 6 N–H and O–H groups in total. The number of hydrogen-bond donors (Lipinski definition) is 4. The summed E-state index contributed by atoms with van der Waals surface area (Å²) >= 11 is 6.72. The van der Waals surface area contributed by atoms with Gasteiger partial charge in [-0.2, -0.15) is 0 Å². The maximum Gasteiger partial charge on any atom is 0.304 e. The first kappa shape index (κ1) is 12.7. The molecule has 0 saturated heterocycles. The predicted molar refractivity (Wildman–Crippen MR) is 72.5 cm³/mol. The fraction of sp³-hybridized carbons (Fsp3) is 0.100. The predicted octanol–water partition coefficient (Wildman–Crippen LogP) is 2.01. The summed E-state index contributed by atoms with van der Waals surface area (Å²) in [5.41, 5.74) is 12.1. The van der Waals surface area contributed by atoms with Crippen LogP contribution in [0.2, 0.25) is 5.02 Å². The van der Waals surface area contributed by atoms with Crippen molar-refractivity contribution in [3.05, 3.63) is 37.6 Å². The van der Waals surface area contributed by atoms with Gasteiger partial charge >= 0.3 is 4.87 Å². The van der Waals surface area contributed by atoms with Crippen molar-refractivity contribution in [3.8, 4) is 0 Å². The topological polar surface area (TPSA) is 96.9 Å². The number of anilines is 3. The monoisotopic (exact) mass is 288 g/mol. The zero-order chi connectivity index (χ0) is 13.3. The van der Waals surface area contributed by atoms with Crippen molar-refractivity contribution in [2.24, 2.45) is 0 Å². The number of nitrogens with two attached hydrogens (primary N) is 2. The molecule has 0 aliphatic carbocycles. The fourth-order valence-corrected chi connectivity index (χ4v) is 2.16. The van der Waals surface area contributed by atoms with E-state index in [1.165, 1.54) is 6.07 Å². The van der Waals surface area contributed by atoms with Crippen LogP contribution in [-0.2, 0) is 6.54 Å². The minimum Gasteiger partial charge on any atom is -0.397 e. The standard InChI is InChI=1S/C10H10ClFN4OS/c11-7-5(13)1-6(14)9(8(7)12)15-2-4-3-18-10(17)16-4/h1,3,15H,2,13-14H2,(H,16,17). The van der Waals surface area contributed by atoms with Gasteiger partial charge in [0.05, 0.1) is 23.6 Å². The minimum absolute atomic E-state index is 0.0706. The summed E-state index contributed by atoms with van der Waals surface area (Å²) in [5.74, 6) is -0.702. The van der Waals surface area contributed by atoms with E-state index in [4.69, 9.17) is 23.1 Å². The van der Waals surface area contributed by atoms with E-state index in [9.17, 15) is 9.18 Å². The molecule has 2 aromatic rings. The molecule has 1 aromatic carbocycles. The Morgan fingerprint density at radius 1 is 1.44 bits per heavy atom. The molecule has 0 saturated carbocycles. The van der Waals surface area contributed by atoms with Gasteiger partial charge in [-0.3, -0.25) is 4.79 Å². The highest BCUT2D eigenvalue weighted by Crippen LogP contribution is 2.33. The Morgan fingerprint density at radius 3 is 2.78 bits per heavy atom. The Hall–Kier alpha value is -1.73. The molecule has 0 aliphatic rings. The summed E-state index contributed by atoms with van der Waals surface area (Å²) in [7, 11) is 0. The molecule has 96 valence electrons. The van der Waals surface area contributed by atoms with Gasteiger partial charge in [-0.1, -0.05) is 22.9 Å². The number of aromatic nitrogens is 1. The zero-order valence-electron chi connectivity index (χ0n) is 9.09. The van der Waals surface area contributed by atoms with E-state index in [0.717, 1.165) is 11.3 Å². The second-order valence-electron chi connectivity index (χ2n) is 3.58. The third-order valence-electron chi connectivity index (χ3n) is 2.29. The van der Waals surface area contributed by atoms with E-state index in [1.807, 2.05) is 0 Å². The molecule has 0 bridgehead atoms. The molecular formula is C10H10ClFN4OS. The molecule has 0 fully saturated rings.